The predicted molar refractivity (Wildman–Crippen MR) is 83.5 cm³/mol. The molecule has 0 aliphatic rings. The molecule has 0 amide bonds. The fraction of sp³-hybridized carbons (Fsp3) is 0.375. The van der Waals surface area contributed by atoms with Crippen LogP contribution in [-0.4, -0.2) is 18.5 Å². The molecule has 3 heteroatoms. The molecular formula is C16H22N2S. The molecule has 102 valence electrons. The van der Waals surface area contributed by atoms with Crippen LogP contribution in [0.25, 0.3) is 0 Å². The third-order valence-corrected chi connectivity index (χ3v) is 4.23. The van der Waals surface area contributed by atoms with Crippen LogP contribution in [-0.2, 0) is 6.54 Å². The standard InChI is InChI=1S/C16H22N2S/c1-12-7-13(2)9-14(8-12)16(10-17)18(3)11-15-5-4-6-19-15/h4-9,16H,10-11,17H2,1-3H3. The molecular weight excluding hydrogens is 252 g/mol. The summed E-state index contributed by atoms with van der Waals surface area (Å²) in [7, 11) is 2.15. The number of aryl methyl sites for hydroxylation is 2. The van der Waals surface area contributed by atoms with Crippen molar-refractivity contribution in [2.75, 3.05) is 13.6 Å². The van der Waals surface area contributed by atoms with E-state index in [1.54, 1.807) is 11.3 Å². The van der Waals surface area contributed by atoms with Crippen LogP contribution < -0.4 is 5.73 Å². The number of thiophene rings is 1. The van der Waals surface area contributed by atoms with Crippen molar-refractivity contribution in [2.45, 2.75) is 26.4 Å². The van der Waals surface area contributed by atoms with E-state index in [0.717, 1.165) is 6.54 Å². The molecule has 1 unspecified atom stereocenters. The second-order valence-corrected chi connectivity index (χ2v) is 6.20. The highest BCUT2D eigenvalue weighted by molar-refractivity contribution is 7.09. The fourth-order valence-corrected chi connectivity index (χ4v) is 3.30. The Kier molecular flexibility index (Phi) is 4.75. The lowest BCUT2D eigenvalue weighted by atomic mass is 10.0. The van der Waals surface area contributed by atoms with E-state index in [1.807, 2.05) is 0 Å². The van der Waals surface area contributed by atoms with Gasteiger partial charge in [0.25, 0.3) is 0 Å². The normalized spacial score (nSPS) is 12.9. The highest BCUT2D eigenvalue weighted by atomic mass is 32.1. The first-order valence-electron chi connectivity index (χ1n) is 6.61. The maximum absolute atomic E-state index is 6.00. The number of likely N-dealkylation sites (N-methyl/N-ethyl adjacent to an activating group) is 1. The quantitative estimate of drug-likeness (QED) is 0.904. The number of benzene rings is 1. The molecule has 0 aliphatic carbocycles. The summed E-state index contributed by atoms with van der Waals surface area (Å²) < 4.78 is 0. The van der Waals surface area contributed by atoms with Crippen molar-refractivity contribution in [3.8, 4) is 0 Å². The van der Waals surface area contributed by atoms with Crippen LogP contribution in [0, 0.1) is 13.8 Å². The van der Waals surface area contributed by atoms with Crippen molar-refractivity contribution in [1.82, 2.24) is 4.90 Å². The third kappa shape index (κ3) is 3.66. The summed E-state index contributed by atoms with van der Waals surface area (Å²) in [4.78, 5) is 3.71. The van der Waals surface area contributed by atoms with Gasteiger partial charge in [0, 0.05) is 24.0 Å². The Bertz CT molecular complexity index is 499. The van der Waals surface area contributed by atoms with Gasteiger partial charge < -0.3 is 5.73 Å². The van der Waals surface area contributed by atoms with Gasteiger partial charge in [-0.25, -0.2) is 0 Å². The lowest BCUT2D eigenvalue weighted by Gasteiger charge is -2.27. The van der Waals surface area contributed by atoms with E-state index in [2.05, 4.69) is 61.5 Å². The molecule has 0 spiro atoms. The van der Waals surface area contributed by atoms with Crippen LogP contribution >= 0.6 is 11.3 Å². The molecule has 0 bridgehead atoms. The van der Waals surface area contributed by atoms with Crippen LogP contribution in [0.3, 0.4) is 0 Å². The molecule has 2 rings (SSSR count). The number of nitrogens with two attached hydrogens (primary N) is 1. The molecule has 2 N–H and O–H groups in total. The van der Waals surface area contributed by atoms with Gasteiger partial charge in [-0.1, -0.05) is 35.4 Å². The highest BCUT2D eigenvalue weighted by Crippen LogP contribution is 2.23. The first kappa shape index (κ1) is 14.3. The van der Waals surface area contributed by atoms with E-state index in [9.17, 15) is 0 Å². The van der Waals surface area contributed by atoms with Gasteiger partial charge >= 0.3 is 0 Å². The Morgan fingerprint density at radius 2 is 1.89 bits per heavy atom. The molecule has 2 nitrogen and oxygen atoms in total. The van der Waals surface area contributed by atoms with Gasteiger partial charge in [-0.05, 0) is 37.9 Å². The number of hydrogen-bond acceptors (Lipinski definition) is 3. The summed E-state index contributed by atoms with van der Waals surface area (Å²) >= 11 is 1.80. The largest absolute Gasteiger partial charge is 0.329 e. The van der Waals surface area contributed by atoms with Crippen LogP contribution in [0.2, 0.25) is 0 Å². The molecule has 1 aromatic heterocycles. The van der Waals surface area contributed by atoms with E-state index in [-0.39, 0.29) is 6.04 Å². The lowest BCUT2D eigenvalue weighted by Crippen LogP contribution is -2.30. The van der Waals surface area contributed by atoms with Crippen molar-refractivity contribution in [1.29, 1.82) is 0 Å². The molecule has 0 aliphatic heterocycles. The molecule has 0 fully saturated rings. The summed E-state index contributed by atoms with van der Waals surface area (Å²) in [5.41, 5.74) is 9.92. The van der Waals surface area contributed by atoms with E-state index in [0.29, 0.717) is 6.54 Å². The summed E-state index contributed by atoms with van der Waals surface area (Å²) in [6, 6.07) is 11.3. The molecule has 1 atom stereocenters. The number of nitrogens with zero attached hydrogens (tertiary/aromatic N) is 1. The minimum atomic E-state index is 0.278. The Morgan fingerprint density at radius 3 is 2.42 bits per heavy atom. The highest BCUT2D eigenvalue weighted by Gasteiger charge is 2.16. The van der Waals surface area contributed by atoms with Gasteiger partial charge in [0.2, 0.25) is 0 Å². The van der Waals surface area contributed by atoms with Gasteiger partial charge in [0.15, 0.2) is 0 Å². The van der Waals surface area contributed by atoms with Crippen LogP contribution in [0.4, 0.5) is 0 Å². The SMILES string of the molecule is Cc1cc(C)cc(C(CN)N(C)Cc2cccs2)c1. The molecule has 0 saturated heterocycles. The lowest BCUT2D eigenvalue weighted by molar-refractivity contribution is 0.244. The van der Waals surface area contributed by atoms with E-state index in [1.165, 1.54) is 21.6 Å². The molecule has 2 aromatic rings. The van der Waals surface area contributed by atoms with Gasteiger partial charge in [0.1, 0.15) is 0 Å². The zero-order valence-electron chi connectivity index (χ0n) is 11.9. The Morgan fingerprint density at radius 1 is 1.21 bits per heavy atom. The topological polar surface area (TPSA) is 29.3 Å². The van der Waals surface area contributed by atoms with Gasteiger partial charge in [-0.3, -0.25) is 4.90 Å². The number of hydrogen-bond donors (Lipinski definition) is 1. The van der Waals surface area contributed by atoms with Crippen molar-refractivity contribution >= 4 is 11.3 Å². The monoisotopic (exact) mass is 274 g/mol. The summed E-state index contributed by atoms with van der Waals surface area (Å²) in [5.74, 6) is 0. The maximum Gasteiger partial charge on any atom is 0.0471 e. The zero-order valence-corrected chi connectivity index (χ0v) is 12.7. The second-order valence-electron chi connectivity index (χ2n) is 5.17. The summed E-state index contributed by atoms with van der Waals surface area (Å²) in [5, 5.41) is 2.12. The average Bonchev–Trinajstić information content (AvgIpc) is 2.81. The second kappa shape index (κ2) is 6.33. The summed E-state index contributed by atoms with van der Waals surface area (Å²) in [6.45, 7) is 5.88. The van der Waals surface area contributed by atoms with Crippen molar-refractivity contribution in [2.24, 2.45) is 5.73 Å². The Hall–Kier alpha value is -1.16. The van der Waals surface area contributed by atoms with Crippen LogP contribution in [0.1, 0.15) is 27.6 Å². The third-order valence-electron chi connectivity index (χ3n) is 3.37. The van der Waals surface area contributed by atoms with Gasteiger partial charge in [-0.2, -0.15) is 0 Å². The average molecular weight is 274 g/mol. The minimum Gasteiger partial charge on any atom is -0.329 e. The van der Waals surface area contributed by atoms with Crippen molar-refractivity contribution < 1.29 is 0 Å². The first-order chi connectivity index (χ1) is 9.10. The van der Waals surface area contributed by atoms with Crippen molar-refractivity contribution in [3.05, 3.63) is 57.3 Å². The molecule has 0 radical (unpaired) electrons. The zero-order chi connectivity index (χ0) is 13.8. The van der Waals surface area contributed by atoms with Crippen LogP contribution in [0.15, 0.2) is 35.7 Å². The van der Waals surface area contributed by atoms with Gasteiger partial charge in [-0.15, -0.1) is 11.3 Å². The summed E-state index contributed by atoms with van der Waals surface area (Å²) in [6.07, 6.45) is 0. The number of rotatable bonds is 5. The molecule has 1 heterocycles. The van der Waals surface area contributed by atoms with Gasteiger partial charge in [0.05, 0.1) is 0 Å². The molecule has 1 aromatic carbocycles. The fourth-order valence-electron chi connectivity index (χ4n) is 2.53. The van der Waals surface area contributed by atoms with E-state index in [4.69, 9.17) is 5.73 Å². The predicted octanol–water partition coefficient (Wildman–Crippen LogP) is 3.50. The minimum absolute atomic E-state index is 0.278. The molecule has 0 saturated carbocycles. The van der Waals surface area contributed by atoms with E-state index >= 15 is 0 Å². The van der Waals surface area contributed by atoms with E-state index < -0.39 is 0 Å². The van der Waals surface area contributed by atoms with Crippen LogP contribution in [0.5, 0.6) is 0 Å². The molecule has 19 heavy (non-hydrogen) atoms. The first-order valence-corrected chi connectivity index (χ1v) is 7.49. The maximum atomic E-state index is 6.00. The smallest absolute Gasteiger partial charge is 0.0471 e. The Labute approximate surface area is 119 Å². The Balaban J connectivity index is 2.18. The van der Waals surface area contributed by atoms with Crippen molar-refractivity contribution in [3.63, 3.8) is 0 Å².